The predicted molar refractivity (Wildman–Crippen MR) is 141 cm³/mol. The van der Waals surface area contributed by atoms with Crippen LogP contribution >= 0.6 is 0 Å². The molecule has 0 aromatic carbocycles. The summed E-state index contributed by atoms with van der Waals surface area (Å²) in [5.74, 6) is -1.03. The van der Waals surface area contributed by atoms with E-state index in [1.165, 1.54) is 0 Å². The molecule has 10 unspecified atom stereocenters. The van der Waals surface area contributed by atoms with Crippen molar-refractivity contribution < 1.29 is 85.0 Å². The SMILES string of the molecule is OC[C@@H]1O[C@H](OC2CC(C3[OH+]C4CC(O)CC(O)C4CC3O[C@H]3O[C@@H](CO)[C@H](O)[C@@H](O)[C@@H]3O)CC(O)C2O)[C@@H](O)[C@H](O)[C@H]1O. The van der Waals surface area contributed by atoms with E-state index < -0.39 is 135 Å². The topological polar surface area (TPSA) is 292 Å². The summed E-state index contributed by atoms with van der Waals surface area (Å²) < 4.78 is 27.8. The minimum absolute atomic E-state index is 0.000903. The normalized spacial score (nSPS) is 55.4. The van der Waals surface area contributed by atoms with Crippen LogP contribution in [-0.2, 0) is 18.9 Å². The van der Waals surface area contributed by atoms with Gasteiger partial charge in [-0.3, -0.25) is 0 Å². The van der Waals surface area contributed by atoms with E-state index in [4.69, 9.17) is 23.7 Å². The molecule has 0 aromatic rings. The lowest BCUT2D eigenvalue weighted by atomic mass is 9.72. The maximum Gasteiger partial charge on any atom is 0.187 e. The highest BCUT2D eigenvalue weighted by Crippen LogP contribution is 2.43. The zero-order valence-corrected chi connectivity index (χ0v) is 23.9. The van der Waals surface area contributed by atoms with Crippen LogP contribution in [0.2, 0.25) is 0 Å². The van der Waals surface area contributed by atoms with Crippen molar-refractivity contribution in [2.45, 2.75) is 142 Å². The second-order valence-electron chi connectivity index (χ2n) is 12.8. The van der Waals surface area contributed by atoms with Crippen molar-refractivity contribution in [1.29, 1.82) is 0 Å². The van der Waals surface area contributed by atoms with E-state index in [0.29, 0.717) is 0 Å². The standard InChI is InChI=1S/C27H46O17/c28-6-16-19(34)21(36)23(38)26(43-16)41-14-2-8(1-12(32)18(14)33)25-15(5-10-11(31)3-9(30)4-13(10)40-25)42-27-24(39)22(37)20(35)17(7-29)44-27/h8-39H,1-7H2/p+1/t8?,9?,10?,11?,12?,13?,14?,15?,16-,17-,18?,19-,20-,21+,22+,23-,24-,25?,26-,27-/m0/s1. The van der Waals surface area contributed by atoms with Gasteiger partial charge >= 0.3 is 0 Å². The van der Waals surface area contributed by atoms with E-state index >= 15 is 0 Å². The molecular weight excluding hydrogens is 596 g/mol. The van der Waals surface area contributed by atoms with Gasteiger partial charge in [0.05, 0.1) is 43.5 Å². The number of aliphatic hydroxyl groups is 14. The van der Waals surface area contributed by atoms with Crippen LogP contribution in [0.15, 0.2) is 0 Å². The van der Waals surface area contributed by atoms with Crippen molar-refractivity contribution >= 4 is 0 Å². The van der Waals surface area contributed by atoms with Gasteiger partial charge in [-0.15, -0.1) is 0 Å². The van der Waals surface area contributed by atoms with Crippen LogP contribution in [0.25, 0.3) is 0 Å². The van der Waals surface area contributed by atoms with Crippen molar-refractivity contribution in [3.63, 3.8) is 0 Å². The number of aliphatic hydroxyl groups excluding tert-OH is 12. The Bertz CT molecular complexity index is 927. The van der Waals surface area contributed by atoms with Gasteiger partial charge in [0.15, 0.2) is 24.8 Å². The van der Waals surface area contributed by atoms with Crippen LogP contribution in [0.4, 0.5) is 0 Å². The number of hydrogen-bond donors (Lipinski definition) is 12. The molecule has 0 bridgehead atoms. The van der Waals surface area contributed by atoms with Gasteiger partial charge < -0.3 is 85.0 Å². The Balaban J connectivity index is 1.37. The van der Waals surface area contributed by atoms with Crippen molar-refractivity contribution in [1.82, 2.24) is 0 Å². The molecule has 5 rings (SSSR count). The van der Waals surface area contributed by atoms with Gasteiger partial charge in [0.2, 0.25) is 0 Å². The molecule has 0 radical (unpaired) electrons. The fourth-order valence-corrected chi connectivity index (χ4v) is 7.38. The summed E-state index contributed by atoms with van der Waals surface area (Å²) in [5.41, 5.74) is 0. The molecule has 44 heavy (non-hydrogen) atoms. The highest BCUT2D eigenvalue weighted by atomic mass is 16.7. The Labute approximate surface area is 252 Å². The zero-order valence-electron chi connectivity index (χ0n) is 23.9. The van der Waals surface area contributed by atoms with Gasteiger partial charge in [0.25, 0.3) is 0 Å². The first kappa shape index (κ1) is 34.6. The average Bonchev–Trinajstić information content (AvgIpc) is 2.99. The van der Waals surface area contributed by atoms with Crippen LogP contribution < -0.4 is 0 Å². The van der Waals surface area contributed by atoms with Crippen molar-refractivity contribution in [2.75, 3.05) is 13.2 Å². The third-order valence-electron chi connectivity index (χ3n) is 9.92. The highest BCUT2D eigenvalue weighted by Gasteiger charge is 2.56. The maximum absolute atomic E-state index is 10.9. The summed E-state index contributed by atoms with van der Waals surface area (Å²) in [4.78, 5) is 0. The molecule has 13 N–H and O–H groups in total. The molecule has 20 atom stereocenters. The molecule has 5 fully saturated rings. The Morgan fingerprint density at radius 2 is 1.09 bits per heavy atom. The van der Waals surface area contributed by atoms with Crippen molar-refractivity contribution in [2.24, 2.45) is 11.8 Å². The molecule has 5 aliphatic rings. The molecule has 256 valence electrons. The average molecular weight is 644 g/mol. The first-order valence-corrected chi connectivity index (χ1v) is 15.2. The highest BCUT2D eigenvalue weighted by molar-refractivity contribution is 5.00. The monoisotopic (exact) mass is 643 g/mol. The van der Waals surface area contributed by atoms with Crippen LogP contribution in [0.1, 0.15) is 32.1 Å². The Kier molecular flexibility index (Phi) is 11.2. The van der Waals surface area contributed by atoms with Gasteiger partial charge in [0.1, 0.15) is 61.0 Å². The van der Waals surface area contributed by atoms with Gasteiger partial charge in [0, 0.05) is 18.8 Å². The first-order chi connectivity index (χ1) is 20.8. The van der Waals surface area contributed by atoms with Crippen LogP contribution in [0.5, 0.6) is 0 Å². The number of fused-ring (bicyclic) bond motifs is 1. The van der Waals surface area contributed by atoms with Crippen LogP contribution in [-0.4, -0.2) is 189 Å². The van der Waals surface area contributed by atoms with Gasteiger partial charge in [-0.2, -0.15) is 0 Å². The number of hydrogen-bond acceptors (Lipinski definition) is 16. The molecule has 3 aliphatic heterocycles. The summed E-state index contributed by atoms with van der Waals surface area (Å²) in [6, 6.07) is 0. The van der Waals surface area contributed by atoms with E-state index in [-0.39, 0.29) is 32.1 Å². The largest absolute Gasteiger partial charge is 0.427 e. The fourth-order valence-electron chi connectivity index (χ4n) is 7.38. The minimum Gasteiger partial charge on any atom is -0.427 e. The second-order valence-corrected chi connectivity index (χ2v) is 12.8. The van der Waals surface area contributed by atoms with Gasteiger partial charge in [-0.1, -0.05) is 0 Å². The molecule has 0 amide bonds. The Hall–Kier alpha value is -0.680. The predicted octanol–water partition coefficient (Wildman–Crippen LogP) is -6.71. The molecule has 0 aromatic heterocycles. The molecule has 3 heterocycles. The number of ether oxygens (including phenoxy) is 5. The summed E-state index contributed by atoms with van der Waals surface area (Å²) in [6.07, 6.45) is -23.0. The van der Waals surface area contributed by atoms with Gasteiger partial charge in [-0.05, 0) is 19.3 Å². The van der Waals surface area contributed by atoms with Gasteiger partial charge in [-0.25, -0.2) is 0 Å². The van der Waals surface area contributed by atoms with E-state index in [1.807, 2.05) is 0 Å². The smallest absolute Gasteiger partial charge is 0.187 e. The molecule has 2 saturated carbocycles. The van der Waals surface area contributed by atoms with E-state index in [1.54, 1.807) is 0 Å². The lowest BCUT2D eigenvalue weighted by Crippen LogP contribution is -2.64. The second kappa shape index (κ2) is 14.2. The third-order valence-corrected chi connectivity index (χ3v) is 9.92. The molecule has 2 aliphatic carbocycles. The molecular formula is C27H47O17+. The fraction of sp³-hybridized carbons (Fsp3) is 1.00. The van der Waals surface area contributed by atoms with Crippen LogP contribution in [0.3, 0.4) is 0 Å². The quantitative estimate of drug-likeness (QED) is 0.115. The lowest BCUT2D eigenvalue weighted by molar-refractivity contribution is -0.360. The van der Waals surface area contributed by atoms with Crippen LogP contribution in [0, 0.1) is 11.8 Å². The molecule has 17 nitrogen and oxygen atoms in total. The van der Waals surface area contributed by atoms with Crippen molar-refractivity contribution in [3.8, 4) is 0 Å². The Morgan fingerprint density at radius 3 is 1.64 bits per heavy atom. The van der Waals surface area contributed by atoms with Crippen molar-refractivity contribution in [3.05, 3.63) is 0 Å². The minimum atomic E-state index is -1.75. The lowest BCUT2D eigenvalue weighted by Gasteiger charge is -2.49. The molecule has 17 heteroatoms. The molecule has 3 saturated heterocycles. The summed E-state index contributed by atoms with van der Waals surface area (Å²) >= 11 is 0. The summed E-state index contributed by atoms with van der Waals surface area (Å²) in [5, 5.41) is 124. The maximum atomic E-state index is 10.9. The Morgan fingerprint density at radius 1 is 0.545 bits per heavy atom. The zero-order chi connectivity index (χ0) is 32.0. The first-order valence-electron chi connectivity index (χ1n) is 15.2. The third kappa shape index (κ3) is 6.81. The molecule has 0 spiro atoms. The van der Waals surface area contributed by atoms with E-state index in [0.717, 1.165) is 0 Å². The summed E-state index contributed by atoms with van der Waals surface area (Å²) in [7, 11) is 0. The summed E-state index contributed by atoms with van der Waals surface area (Å²) in [6.45, 7) is -1.37. The van der Waals surface area contributed by atoms with E-state index in [2.05, 4.69) is 0 Å². The van der Waals surface area contributed by atoms with E-state index in [9.17, 15) is 61.3 Å². The number of rotatable bonds is 7.